The quantitative estimate of drug-likeness (QED) is 0.281. The Hall–Kier alpha value is -3.89. The van der Waals surface area contributed by atoms with Crippen LogP contribution < -0.4 is 14.8 Å². The predicted molar refractivity (Wildman–Crippen MR) is 140 cm³/mol. The van der Waals surface area contributed by atoms with Gasteiger partial charge in [-0.25, -0.2) is 8.42 Å². The summed E-state index contributed by atoms with van der Waals surface area (Å²) in [4.78, 5) is 16.7. The zero-order valence-electron chi connectivity index (χ0n) is 20.1. The Labute approximate surface area is 219 Å². The summed E-state index contributed by atoms with van der Waals surface area (Å²) in [7, 11) is -3.78. The Kier molecular flexibility index (Phi) is 8.10. The number of rotatable bonds is 10. The minimum atomic E-state index is -3.78. The number of ether oxygens (including phenoxy) is 1. The van der Waals surface area contributed by atoms with Crippen LogP contribution in [0.1, 0.15) is 37.0 Å². The van der Waals surface area contributed by atoms with E-state index in [0.717, 1.165) is 5.56 Å². The number of carbonyl (C=O) groups excluding carboxylic acids is 1. The molecule has 0 saturated heterocycles. The number of anilines is 2. The molecule has 192 valence electrons. The van der Waals surface area contributed by atoms with E-state index in [9.17, 15) is 13.2 Å². The van der Waals surface area contributed by atoms with Gasteiger partial charge in [-0.15, -0.1) is 0 Å². The van der Waals surface area contributed by atoms with E-state index in [4.69, 9.17) is 20.9 Å². The molecule has 37 heavy (non-hydrogen) atoms. The van der Waals surface area contributed by atoms with Gasteiger partial charge in [-0.05, 0) is 66.2 Å². The highest BCUT2D eigenvalue weighted by Crippen LogP contribution is 2.21. The van der Waals surface area contributed by atoms with Gasteiger partial charge in [0.2, 0.25) is 5.89 Å². The molecule has 0 saturated carbocycles. The lowest BCUT2D eigenvalue weighted by atomic mass is 10.1. The van der Waals surface area contributed by atoms with E-state index in [-0.39, 0.29) is 23.3 Å². The summed E-state index contributed by atoms with van der Waals surface area (Å²) in [5.41, 5.74) is 1.98. The fourth-order valence-corrected chi connectivity index (χ4v) is 4.44. The molecule has 3 aromatic carbocycles. The molecule has 1 amide bonds. The first kappa shape index (κ1) is 26.2. The number of carbonyl (C=O) groups is 1. The molecule has 0 fully saturated rings. The molecular weight excluding hydrogens is 516 g/mol. The zero-order valence-corrected chi connectivity index (χ0v) is 21.7. The molecule has 0 aliphatic carbocycles. The third-order valence-corrected chi connectivity index (χ3v) is 6.83. The second-order valence-electron chi connectivity index (χ2n) is 8.50. The van der Waals surface area contributed by atoms with Crippen molar-refractivity contribution in [1.29, 1.82) is 0 Å². The minimum absolute atomic E-state index is 0.0561. The van der Waals surface area contributed by atoms with Crippen LogP contribution in [0.4, 0.5) is 11.4 Å². The number of nitrogens with one attached hydrogen (secondary N) is 2. The number of amides is 1. The Morgan fingerprint density at radius 3 is 2.24 bits per heavy atom. The van der Waals surface area contributed by atoms with Gasteiger partial charge >= 0.3 is 0 Å². The van der Waals surface area contributed by atoms with Crippen molar-refractivity contribution in [3.8, 4) is 5.75 Å². The molecule has 0 aliphatic heterocycles. The summed E-state index contributed by atoms with van der Waals surface area (Å²) >= 11 is 5.83. The third-order valence-electron chi connectivity index (χ3n) is 5.18. The van der Waals surface area contributed by atoms with Crippen LogP contribution in [-0.4, -0.2) is 31.1 Å². The smallest absolute Gasteiger partial charge is 0.262 e. The van der Waals surface area contributed by atoms with Crippen LogP contribution in [0.3, 0.4) is 0 Å². The van der Waals surface area contributed by atoms with Crippen molar-refractivity contribution in [3.63, 3.8) is 0 Å². The molecule has 0 radical (unpaired) electrons. The summed E-state index contributed by atoms with van der Waals surface area (Å²) < 4.78 is 38.3. The number of hydrogen-bond donors (Lipinski definition) is 2. The SMILES string of the molecule is CC(C)c1nc(Cc2ccc(NC(=O)COc3ccc(S(=O)(=O)Nc4ccc(Cl)cc4)cc3)cc2)no1. The summed E-state index contributed by atoms with van der Waals surface area (Å²) in [6.45, 7) is 3.73. The van der Waals surface area contributed by atoms with Crippen LogP contribution >= 0.6 is 11.6 Å². The van der Waals surface area contributed by atoms with Crippen LogP contribution in [-0.2, 0) is 21.2 Å². The average molecular weight is 541 g/mol. The van der Waals surface area contributed by atoms with E-state index >= 15 is 0 Å². The van der Waals surface area contributed by atoms with Crippen LogP contribution in [0.2, 0.25) is 5.02 Å². The molecule has 4 rings (SSSR count). The van der Waals surface area contributed by atoms with E-state index in [2.05, 4.69) is 20.2 Å². The summed E-state index contributed by atoms with van der Waals surface area (Å²) in [6, 6.07) is 19.4. The molecule has 9 nitrogen and oxygen atoms in total. The van der Waals surface area contributed by atoms with Gasteiger partial charge in [0.25, 0.3) is 15.9 Å². The van der Waals surface area contributed by atoms with Gasteiger partial charge in [-0.1, -0.05) is 42.7 Å². The van der Waals surface area contributed by atoms with Crippen molar-refractivity contribution in [1.82, 2.24) is 10.1 Å². The Morgan fingerprint density at radius 2 is 1.62 bits per heavy atom. The van der Waals surface area contributed by atoms with Gasteiger partial charge in [-0.2, -0.15) is 4.98 Å². The van der Waals surface area contributed by atoms with Gasteiger partial charge in [-0.3, -0.25) is 9.52 Å². The van der Waals surface area contributed by atoms with Crippen molar-refractivity contribution in [2.75, 3.05) is 16.6 Å². The standard InChI is InChI=1S/C26H25ClN4O5S/c1-17(2)26-29-24(30-36-26)15-18-3-7-20(8-4-18)28-25(32)16-35-22-11-13-23(14-12-22)37(33,34)31-21-9-5-19(27)6-10-21/h3-14,17,31H,15-16H2,1-2H3,(H,28,32). The first-order valence-electron chi connectivity index (χ1n) is 11.4. The predicted octanol–water partition coefficient (Wildman–Crippen LogP) is 5.26. The third kappa shape index (κ3) is 7.31. The first-order chi connectivity index (χ1) is 17.7. The molecule has 1 aromatic heterocycles. The van der Waals surface area contributed by atoms with Crippen molar-refractivity contribution in [2.45, 2.75) is 31.1 Å². The zero-order chi connectivity index (χ0) is 26.4. The second kappa shape index (κ2) is 11.4. The maximum absolute atomic E-state index is 12.6. The van der Waals surface area contributed by atoms with Gasteiger partial charge in [0.05, 0.1) is 4.90 Å². The molecule has 0 unspecified atom stereocenters. The van der Waals surface area contributed by atoms with Crippen molar-refractivity contribution >= 4 is 38.9 Å². The first-order valence-corrected chi connectivity index (χ1v) is 13.3. The highest BCUT2D eigenvalue weighted by Gasteiger charge is 2.15. The van der Waals surface area contributed by atoms with Crippen molar-refractivity contribution in [3.05, 3.63) is 95.1 Å². The number of halogens is 1. The number of hydrogen-bond acceptors (Lipinski definition) is 7. The van der Waals surface area contributed by atoms with Gasteiger partial charge < -0.3 is 14.6 Å². The number of benzene rings is 3. The van der Waals surface area contributed by atoms with Gasteiger partial charge in [0, 0.05) is 28.7 Å². The van der Waals surface area contributed by atoms with Gasteiger partial charge in [0.15, 0.2) is 12.4 Å². The Balaban J connectivity index is 1.26. The van der Waals surface area contributed by atoms with Crippen molar-refractivity contribution < 1.29 is 22.5 Å². The fourth-order valence-electron chi connectivity index (χ4n) is 3.26. The van der Waals surface area contributed by atoms with Crippen molar-refractivity contribution in [2.24, 2.45) is 0 Å². The minimum Gasteiger partial charge on any atom is -0.484 e. The molecule has 0 bridgehead atoms. The van der Waals surface area contributed by atoms with Gasteiger partial charge in [0.1, 0.15) is 5.75 Å². The molecule has 0 atom stereocenters. The number of aromatic nitrogens is 2. The van der Waals surface area contributed by atoms with E-state index in [1.165, 1.54) is 24.3 Å². The second-order valence-corrected chi connectivity index (χ2v) is 10.6. The molecule has 11 heteroatoms. The molecular formula is C26H25ClN4O5S. The summed E-state index contributed by atoms with van der Waals surface area (Å²) in [5.74, 6) is 1.38. The molecule has 0 aliphatic rings. The van der Waals surface area contributed by atoms with Crippen LogP contribution in [0.5, 0.6) is 5.75 Å². The number of sulfonamides is 1. The Bertz CT molecular complexity index is 1450. The molecule has 0 spiro atoms. The Morgan fingerprint density at radius 1 is 0.973 bits per heavy atom. The maximum Gasteiger partial charge on any atom is 0.262 e. The van der Waals surface area contributed by atoms with Crippen LogP contribution in [0, 0.1) is 0 Å². The lowest BCUT2D eigenvalue weighted by Crippen LogP contribution is -2.20. The largest absolute Gasteiger partial charge is 0.484 e. The summed E-state index contributed by atoms with van der Waals surface area (Å²) in [5, 5.41) is 7.25. The lowest BCUT2D eigenvalue weighted by molar-refractivity contribution is -0.118. The fraction of sp³-hybridized carbons (Fsp3) is 0.192. The van der Waals surface area contributed by atoms with E-state index < -0.39 is 10.0 Å². The summed E-state index contributed by atoms with van der Waals surface area (Å²) in [6.07, 6.45) is 0.522. The van der Waals surface area contributed by atoms with E-state index in [0.29, 0.717) is 40.3 Å². The maximum atomic E-state index is 12.6. The number of nitrogens with zero attached hydrogens (tertiary/aromatic N) is 2. The lowest BCUT2D eigenvalue weighted by Gasteiger charge is -2.10. The molecule has 2 N–H and O–H groups in total. The monoisotopic (exact) mass is 540 g/mol. The highest BCUT2D eigenvalue weighted by molar-refractivity contribution is 7.92. The van der Waals surface area contributed by atoms with Crippen LogP contribution in [0.15, 0.2) is 82.2 Å². The molecule has 1 heterocycles. The van der Waals surface area contributed by atoms with E-state index in [1.54, 1.807) is 36.4 Å². The topological polar surface area (TPSA) is 123 Å². The highest BCUT2D eigenvalue weighted by atomic mass is 35.5. The van der Waals surface area contributed by atoms with E-state index in [1.807, 2.05) is 26.0 Å². The molecule has 4 aromatic rings. The normalized spacial score (nSPS) is 11.4. The van der Waals surface area contributed by atoms with Crippen LogP contribution in [0.25, 0.3) is 0 Å². The average Bonchev–Trinajstić information content (AvgIpc) is 3.34.